The van der Waals surface area contributed by atoms with E-state index in [2.05, 4.69) is 25.3 Å². The first-order valence-corrected chi connectivity index (χ1v) is 6.65. The van der Waals surface area contributed by atoms with Gasteiger partial charge in [-0.1, -0.05) is 0 Å². The zero-order chi connectivity index (χ0) is 13.8. The van der Waals surface area contributed by atoms with Crippen molar-refractivity contribution in [3.63, 3.8) is 0 Å². The van der Waals surface area contributed by atoms with Crippen LogP contribution in [0.5, 0.6) is 0 Å². The first kappa shape index (κ1) is 12.6. The summed E-state index contributed by atoms with van der Waals surface area (Å²) in [5, 5.41) is 3.30. The van der Waals surface area contributed by atoms with Gasteiger partial charge in [-0.15, -0.1) is 0 Å². The minimum atomic E-state index is -0.149. The predicted molar refractivity (Wildman–Crippen MR) is 75.7 cm³/mol. The fraction of sp³-hybridized carbons (Fsp3) is 0.385. The fourth-order valence-corrected chi connectivity index (χ4v) is 2.41. The lowest BCUT2D eigenvalue weighted by atomic mass is 10.1. The molecule has 2 aromatic rings. The summed E-state index contributed by atoms with van der Waals surface area (Å²) < 4.78 is 0. The molecule has 7 nitrogen and oxygen atoms in total. The minimum Gasteiger partial charge on any atom is -0.350 e. The van der Waals surface area contributed by atoms with Crippen LogP contribution in [0.3, 0.4) is 0 Å². The average Bonchev–Trinajstić information content (AvgIpc) is 2.49. The Morgan fingerprint density at radius 2 is 2.10 bits per heavy atom. The van der Waals surface area contributed by atoms with Crippen LogP contribution in [-0.2, 0) is 0 Å². The average molecular weight is 272 g/mol. The van der Waals surface area contributed by atoms with Gasteiger partial charge in [0.1, 0.15) is 0 Å². The van der Waals surface area contributed by atoms with Crippen LogP contribution < -0.4 is 15.8 Å². The van der Waals surface area contributed by atoms with Gasteiger partial charge >= 0.3 is 0 Å². The molecule has 1 saturated heterocycles. The monoisotopic (exact) mass is 272 g/mol. The summed E-state index contributed by atoms with van der Waals surface area (Å²) in [7, 11) is 0. The molecule has 3 heterocycles. The molecule has 1 atom stereocenters. The summed E-state index contributed by atoms with van der Waals surface area (Å²) in [5.41, 5.74) is -0.149. The number of hydrogen-bond donors (Lipinski definition) is 2. The summed E-state index contributed by atoms with van der Waals surface area (Å²) in [5.74, 6) is 1.10. The van der Waals surface area contributed by atoms with Gasteiger partial charge in [0.25, 0.3) is 5.56 Å². The lowest BCUT2D eigenvalue weighted by Crippen LogP contribution is -2.44. The Hall–Kier alpha value is -2.44. The lowest BCUT2D eigenvalue weighted by molar-refractivity contribution is 0.522. The van der Waals surface area contributed by atoms with E-state index in [0.29, 0.717) is 11.8 Å². The van der Waals surface area contributed by atoms with E-state index in [1.54, 1.807) is 30.9 Å². The second kappa shape index (κ2) is 5.68. The molecule has 104 valence electrons. The highest BCUT2D eigenvalue weighted by Gasteiger charge is 2.22. The molecule has 0 unspecified atom stereocenters. The van der Waals surface area contributed by atoms with Crippen LogP contribution in [0.2, 0.25) is 0 Å². The molecular weight excluding hydrogens is 256 g/mol. The van der Waals surface area contributed by atoms with Crippen molar-refractivity contribution >= 4 is 11.8 Å². The molecule has 0 aromatic carbocycles. The summed E-state index contributed by atoms with van der Waals surface area (Å²) in [6, 6.07) is 2.00. The molecule has 0 amide bonds. The Morgan fingerprint density at radius 3 is 2.90 bits per heavy atom. The van der Waals surface area contributed by atoms with Crippen LogP contribution in [0.25, 0.3) is 0 Å². The summed E-state index contributed by atoms with van der Waals surface area (Å²) in [6.07, 6.45) is 8.59. The molecular formula is C13H16N6O. The minimum absolute atomic E-state index is 0.149. The SMILES string of the molecule is O=c1[nH]ccnc1N1CCC[C@@H](Nc2ncccn2)C1. The van der Waals surface area contributed by atoms with Crippen LogP contribution in [0.15, 0.2) is 35.6 Å². The highest BCUT2D eigenvalue weighted by atomic mass is 16.1. The number of rotatable bonds is 3. The number of piperidine rings is 1. The van der Waals surface area contributed by atoms with Crippen LogP contribution in [0, 0.1) is 0 Å². The molecule has 20 heavy (non-hydrogen) atoms. The first-order valence-electron chi connectivity index (χ1n) is 6.65. The highest BCUT2D eigenvalue weighted by Crippen LogP contribution is 2.16. The van der Waals surface area contributed by atoms with E-state index >= 15 is 0 Å². The summed E-state index contributed by atoms with van der Waals surface area (Å²) in [6.45, 7) is 1.56. The van der Waals surface area contributed by atoms with Crippen molar-refractivity contribution in [2.24, 2.45) is 0 Å². The molecule has 3 rings (SSSR count). The maximum atomic E-state index is 11.8. The van der Waals surface area contributed by atoms with Gasteiger partial charge < -0.3 is 15.2 Å². The molecule has 1 fully saturated rings. The van der Waals surface area contributed by atoms with Gasteiger partial charge in [-0.25, -0.2) is 15.0 Å². The van der Waals surface area contributed by atoms with E-state index in [-0.39, 0.29) is 11.6 Å². The van der Waals surface area contributed by atoms with E-state index in [9.17, 15) is 4.79 Å². The fourth-order valence-electron chi connectivity index (χ4n) is 2.41. The van der Waals surface area contributed by atoms with Crippen molar-refractivity contribution in [2.45, 2.75) is 18.9 Å². The Morgan fingerprint density at radius 1 is 1.25 bits per heavy atom. The van der Waals surface area contributed by atoms with Gasteiger partial charge in [-0.05, 0) is 18.9 Å². The van der Waals surface area contributed by atoms with Gasteiger partial charge in [0.2, 0.25) is 5.95 Å². The van der Waals surface area contributed by atoms with Gasteiger partial charge in [-0.3, -0.25) is 4.79 Å². The third-order valence-corrected chi connectivity index (χ3v) is 3.31. The van der Waals surface area contributed by atoms with Crippen LogP contribution in [0.1, 0.15) is 12.8 Å². The topological polar surface area (TPSA) is 86.8 Å². The van der Waals surface area contributed by atoms with Gasteiger partial charge in [0, 0.05) is 43.9 Å². The zero-order valence-corrected chi connectivity index (χ0v) is 11.0. The quantitative estimate of drug-likeness (QED) is 0.852. The molecule has 0 radical (unpaired) electrons. The van der Waals surface area contributed by atoms with Gasteiger partial charge in [0.15, 0.2) is 5.82 Å². The van der Waals surface area contributed by atoms with Crippen molar-refractivity contribution < 1.29 is 0 Å². The Labute approximate surface area is 116 Å². The molecule has 0 saturated carbocycles. The van der Waals surface area contributed by atoms with Crippen LogP contribution in [0.4, 0.5) is 11.8 Å². The zero-order valence-electron chi connectivity index (χ0n) is 11.0. The molecule has 0 spiro atoms. The Bertz CT molecular complexity index is 614. The Balaban J connectivity index is 1.71. The number of aromatic nitrogens is 4. The van der Waals surface area contributed by atoms with Crippen LogP contribution >= 0.6 is 0 Å². The standard InChI is InChI=1S/C13H16N6O/c20-12-11(14-6-7-15-12)19-8-1-3-10(9-19)18-13-16-4-2-5-17-13/h2,4-7,10H,1,3,8-9H2,(H,15,20)(H,16,17,18)/t10-/m1/s1. The second-order valence-electron chi connectivity index (χ2n) is 4.74. The highest BCUT2D eigenvalue weighted by molar-refractivity contribution is 5.37. The van der Waals surface area contributed by atoms with E-state index in [4.69, 9.17) is 0 Å². The van der Waals surface area contributed by atoms with Crippen molar-refractivity contribution in [1.82, 2.24) is 19.9 Å². The third-order valence-electron chi connectivity index (χ3n) is 3.31. The normalized spacial score (nSPS) is 18.8. The number of hydrogen-bond acceptors (Lipinski definition) is 6. The van der Waals surface area contributed by atoms with Gasteiger partial charge in [0.05, 0.1) is 0 Å². The molecule has 1 aliphatic rings. The number of anilines is 2. The smallest absolute Gasteiger partial charge is 0.290 e. The lowest BCUT2D eigenvalue weighted by Gasteiger charge is -2.33. The third kappa shape index (κ3) is 2.76. The predicted octanol–water partition coefficient (Wildman–Crippen LogP) is 0.641. The molecule has 1 aliphatic heterocycles. The van der Waals surface area contributed by atoms with E-state index in [1.165, 1.54) is 0 Å². The van der Waals surface area contributed by atoms with E-state index in [0.717, 1.165) is 25.9 Å². The van der Waals surface area contributed by atoms with E-state index < -0.39 is 0 Å². The second-order valence-corrected chi connectivity index (χ2v) is 4.74. The van der Waals surface area contributed by atoms with Crippen LogP contribution in [-0.4, -0.2) is 39.1 Å². The maximum absolute atomic E-state index is 11.8. The number of nitrogens with one attached hydrogen (secondary N) is 2. The van der Waals surface area contributed by atoms with Crippen molar-refractivity contribution in [1.29, 1.82) is 0 Å². The number of aromatic amines is 1. The summed E-state index contributed by atoms with van der Waals surface area (Å²) in [4.78, 5) is 28.9. The Kier molecular flexibility index (Phi) is 3.58. The number of H-pyrrole nitrogens is 1. The largest absolute Gasteiger partial charge is 0.350 e. The molecule has 2 aromatic heterocycles. The van der Waals surface area contributed by atoms with Gasteiger partial charge in [-0.2, -0.15) is 0 Å². The maximum Gasteiger partial charge on any atom is 0.290 e. The number of nitrogens with zero attached hydrogens (tertiary/aromatic N) is 4. The molecule has 7 heteroatoms. The first-order chi connectivity index (χ1) is 9.83. The van der Waals surface area contributed by atoms with Crippen molar-refractivity contribution in [2.75, 3.05) is 23.3 Å². The van der Waals surface area contributed by atoms with Crippen molar-refractivity contribution in [3.05, 3.63) is 41.2 Å². The van der Waals surface area contributed by atoms with E-state index in [1.807, 2.05) is 4.90 Å². The van der Waals surface area contributed by atoms with Crippen molar-refractivity contribution in [3.8, 4) is 0 Å². The molecule has 0 aliphatic carbocycles. The molecule has 2 N–H and O–H groups in total. The molecule has 0 bridgehead atoms. The summed E-state index contributed by atoms with van der Waals surface area (Å²) >= 11 is 0.